The van der Waals surface area contributed by atoms with Gasteiger partial charge in [-0.25, -0.2) is 0 Å². The highest BCUT2D eigenvalue weighted by Crippen LogP contribution is 2.23. The van der Waals surface area contributed by atoms with Gasteiger partial charge in [0, 0.05) is 39.3 Å². The summed E-state index contributed by atoms with van der Waals surface area (Å²) in [4.78, 5) is 43.2. The maximum Gasteiger partial charge on any atom is 0.312 e. The molecular formula is C18H21N5O4S. The fourth-order valence-electron chi connectivity index (χ4n) is 3.30. The quantitative estimate of drug-likeness (QED) is 0.727. The van der Waals surface area contributed by atoms with E-state index in [0.29, 0.717) is 58.2 Å². The second-order valence-corrected chi connectivity index (χ2v) is 7.58. The number of ether oxygens (including phenoxy) is 1. The number of carbonyl (C=O) groups is 3. The van der Waals surface area contributed by atoms with Crippen LogP contribution in [0, 0.1) is 0 Å². The van der Waals surface area contributed by atoms with Crippen LogP contribution in [0.2, 0.25) is 0 Å². The fourth-order valence-corrected chi connectivity index (χ4v) is 3.99. The lowest BCUT2D eigenvalue weighted by Crippen LogP contribution is -2.55. The van der Waals surface area contributed by atoms with Crippen LogP contribution in [-0.4, -0.2) is 95.1 Å². The first-order valence-corrected chi connectivity index (χ1v) is 10.1. The number of aromatic amines is 1. The van der Waals surface area contributed by atoms with Crippen molar-refractivity contribution in [2.24, 2.45) is 0 Å². The predicted molar refractivity (Wildman–Crippen MR) is 102 cm³/mol. The summed E-state index contributed by atoms with van der Waals surface area (Å²) in [6.45, 7) is 3.22. The Morgan fingerprint density at radius 3 is 2.25 bits per heavy atom. The number of hydrogen-bond acceptors (Lipinski definition) is 6. The molecule has 4 rings (SSSR count). The van der Waals surface area contributed by atoms with E-state index >= 15 is 0 Å². The number of nitrogens with one attached hydrogen (secondary N) is 1. The standard InChI is InChI=1S/C18H21N5O4S/c24-16(14-12-13(19-20-14)15-2-1-11-28-15)21-3-5-22(6-4-21)17(25)18(26)23-7-9-27-10-8-23/h1-2,11-12H,3-10H2,(H,19,20). The number of rotatable bonds is 2. The highest BCUT2D eigenvalue weighted by molar-refractivity contribution is 7.13. The summed E-state index contributed by atoms with van der Waals surface area (Å²) in [5.74, 6) is -1.17. The van der Waals surface area contributed by atoms with E-state index in [-0.39, 0.29) is 5.91 Å². The van der Waals surface area contributed by atoms with E-state index in [1.54, 1.807) is 22.3 Å². The molecule has 0 saturated carbocycles. The predicted octanol–water partition coefficient (Wildman–Crippen LogP) is 0.281. The molecule has 2 fully saturated rings. The molecule has 3 amide bonds. The molecule has 9 nitrogen and oxygen atoms in total. The van der Waals surface area contributed by atoms with Gasteiger partial charge in [-0.3, -0.25) is 19.5 Å². The molecule has 0 radical (unpaired) electrons. The topological polar surface area (TPSA) is 98.8 Å². The lowest BCUT2D eigenvalue weighted by molar-refractivity contribution is -0.154. The lowest BCUT2D eigenvalue weighted by Gasteiger charge is -2.35. The maximum absolute atomic E-state index is 12.7. The van der Waals surface area contributed by atoms with Gasteiger partial charge in [0.2, 0.25) is 0 Å². The van der Waals surface area contributed by atoms with Crippen LogP contribution in [0.5, 0.6) is 0 Å². The van der Waals surface area contributed by atoms with Crippen molar-refractivity contribution in [1.29, 1.82) is 0 Å². The zero-order chi connectivity index (χ0) is 19.5. The van der Waals surface area contributed by atoms with Crippen molar-refractivity contribution >= 4 is 29.1 Å². The molecule has 0 bridgehead atoms. The molecule has 2 aliphatic rings. The minimum absolute atomic E-state index is 0.175. The number of amides is 3. The Balaban J connectivity index is 1.33. The van der Waals surface area contributed by atoms with Gasteiger partial charge in [-0.15, -0.1) is 11.3 Å². The molecule has 0 spiro atoms. The van der Waals surface area contributed by atoms with Crippen LogP contribution in [0.1, 0.15) is 10.5 Å². The molecule has 4 heterocycles. The molecule has 2 saturated heterocycles. The van der Waals surface area contributed by atoms with Crippen molar-refractivity contribution in [2.45, 2.75) is 0 Å². The van der Waals surface area contributed by atoms with Crippen LogP contribution in [0.15, 0.2) is 23.6 Å². The molecular weight excluding hydrogens is 382 g/mol. The summed E-state index contributed by atoms with van der Waals surface area (Å²) in [7, 11) is 0. The van der Waals surface area contributed by atoms with Gasteiger partial charge in [-0.05, 0) is 17.5 Å². The van der Waals surface area contributed by atoms with Gasteiger partial charge in [-0.1, -0.05) is 6.07 Å². The van der Waals surface area contributed by atoms with Gasteiger partial charge >= 0.3 is 11.8 Å². The van der Waals surface area contributed by atoms with Gasteiger partial charge in [0.1, 0.15) is 0 Å². The smallest absolute Gasteiger partial charge is 0.312 e. The van der Waals surface area contributed by atoms with Crippen LogP contribution < -0.4 is 0 Å². The summed E-state index contributed by atoms with van der Waals surface area (Å²) in [5, 5.41) is 8.99. The first kappa shape index (κ1) is 18.6. The molecule has 0 atom stereocenters. The van der Waals surface area contributed by atoms with E-state index in [1.165, 1.54) is 9.80 Å². The Bertz CT molecular complexity index is 851. The van der Waals surface area contributed by atoms with Crippen molar-refractivity contribution in [2.75, 3.05) is 52.5 Å². The first-order valence-electron chi connectivity index (χ1n) is 9.18. The van der Waals surface area contributed by atoms with E-state index in [9.17, 15) is 14.4 Å². The van der Waals surface area contributed by atoms with Gasteiger partial charge in [0.15, 0.2) is 5.69 Å². The Kier molecular flexibility index (Phi) is 5.40. The minimum Gasteiger partial charge on any atom is -0.378 e. The third-order valence-electron chi connectivity index (χ3n) is 4.92. The second kappa shape index (κ2) is 8.11. The molecule has 2 aromatic heterocycles. The molecule has 2 aliphatic heterocycles. The van der Waals surface area contributed by atoms with Gasteiger partial charge in [-0.2, -0.15) is 5.10 Å². The third-order valence-corrected chi connectivity index (χ3v) is 5.82. The van der Waals surface area contributed by atoms with E-state index in [1.807, 2.05) is 17.5 Å². The average Bonchev–Trinajstić information content (AvgIpc) is 3.45. The number of carbonyl (C=O) groups excluding carboxylic acids is 3. The monoisotopic (exact) mass is 403 g/mol. The van der Waals surface area contributed by atoms with Crippen molar-refractivity contribution in [1.82, 2.24) is 24.9 Å². The van der Waals surface area contributed by atoms with E-state index in [2.05, 4.69) is 10.2 Å². The molecule has 0 aliphatic carbocycles. The van der Waals surface area contributed by atoms with Gasteiger partial charge < -0.3 is 19.4 Å². The van der Waals surface area contributed by atoms with Crippen LogP contribution in [0.3, 0.4) is 0 Å². The Morgan fingerprint density at radius 1 is 0.964 bits per heavy atom. The minimum atomic E-state index is -0.506. The summed E-state index contributed by atoms with van der Waals surface area (Å²) in [6, 6.07) is 5.65. The van der Waals surface area contributed by atoms with Crippen LogP contribution in [-0.2, 0) is 14.3 Å². The molecule has 0 aromatic carbocycles. The Hall–Kier alpha value is -2.72. The van der Waals surface area contributed by atoms with Crippen molar-refractivity contribution in [3.63, 3.8) is 0 Å². The highest BCUT2D eigenvalue weighted by atomic mass is 32.1. The Labute approximate surface area is 165 Å². The molecule has 0 unspecified atom stereocenters. The van der Waals surface area contributed by atoms with Crippen LogP contribution in [0.25, 0.3) is 10.6 Å². The van der Waals surface area contributed by atoms with Crippen molar-refractivity contribution < 1.29 is 19.1 Å². The normalized spacial score (nSPS) is 17.6. The number of piperazine rings is 1. The molecule has 1 N–H and O–H groups in total. The second-order valence-electron chi connectivity index (χ2n) is 6.63. The maximum atomic E-state index is 12.7. The zero-order valence-electron chi connectivity index (χ0n) is 15.3. The number of H-pyrrole nitrogens is 1. The summed E-state index contributed by atoms with van der Waals surface area (Å²) in [5.41, 5.74) is 1.16. The van der Waals surface area contributed by atoms with Crippen LogP contribution in [0.4, 0.5) is 0 Å². The van der Waals surface area contributed by atoms with Crippen LogP contribution >= 0.6 is 11.3 Å². The highest BCUT2D eigenvalue weighted by Gasteiger charge is 2.32. The van der Waals surface area contributed by atoms with E-state index in [0.717, 1.165) is 10.6 Å². The first-order chi connectivity index (χ1) is 13.6. The van der Waals surface area contributed by atoms with Gasteiger partial charge in [0.25, 0.3) is 5.91 Å². The van der Waals surface area contributed by atoms with Crippen molar-refractivity contribution in [3.8, 4) is 10.6 Å². The molecule has 2 aromatic rings. The number of aromatic nitrogens is 2. The number of hydrogen-bond donors (Lipinski definition) is 1. The average molecular weight is 403 g/mol. The number of morpholine rings is 1. The zero-order valence-corrected chi connectivity index (χ0v) is 16.1. The summed E-state index contributed by atoms with van der Waals surface area (Å²) in [6.07, 6.45) is 0. The molecule has 10 heteroatoms. The summed E-state index contributed by atoms with van der Waals surface area (Å²) < 4.78 is 5.21. The molecule has 148 valence electrons. The van der Waals surface area contributed by atoms with Crippen molar-refractivity contribution in [3.05, 3.63) is 29.3 Å². The lowest BCUT2D eigenvalue weighted by atomic mass is 10.2. The molecule has 28 heavy (non-hydrogen) atoms. The number of nitrogens with zero attached hydrogens (tertiary/aromatic N) is 4. The third kappa shape index (κ3) is 3.78. The summed E-state index contributed by atoms with van der Waals surface area (Å²) >= 11 is 1.57. The van der Waals surface area contributed by atoms with E-state index in [4.69, 9.17) is 4.74 Å². The fraction of sp³-hybridized carbons (Fsp3) is 0.444. The van der Waals surface area contributed by atoms with Gasteiger partial charge in [0.05, 0.1) is 23.8 Å². The van der Waals surface area contributed by atoms with E-state index < -0.39 is 11.8 Å². The number of thiophene rings is 1. The Morgan fingerprint density at radius 2 is 1.61 bits per heavy atom. The SMILES string of the molecule is O=C(C(=O)N1CCN(C(=O)c2cc(-c3cccs3)[nH]n2)CC1)N1CCOCC1. The largest absolute Gasteiger partial charge is 0.378 e.